The summed E-state index contributed by atoms with van der Waals surface area (Å²) < 4.78 is 6.88. The Balaban J connectivity index is 1.97. The van der Waals surface area contributed by atoms with Gasteiger partial charge in [-0.25, -0.2) is 4.90 Å². The van der Waals surface area contributed by atoms with Gasteiger partial charge in [0.05, 0.1) is 16.3 Å². The Labute approximate surface area is 205 Å². The highest BCUT2D eigenvalue weighted by Crippen LogP contribution is 2.39. The Morgan fingerprint density at radius 1 is 1.18 bits per heavy atom. The van der Waals surface area contributed by atoms with Crippen LogP contribution in [0.1, 0.15) is 45.3 Å². The molecule has 8 nitrogen and oxygen atoms in total. The number of ether oxygens (including phenoxy) is 1. The van der Waals surface area contributed by atoms with Crippen LogP contribution in [-0.2, 0) is 9.59 Å². The normalized spacial score (nSPS) is 14.4. The summed E-state index contributed by atoms with van der Waals surface area (Å²) in [6, 6.07) is 12.2. The first-order valence-corrected chi connectivity index (χ1v) is 12.4. The Kier molecular flexibility index (Phi) is 7.04. The number of hydrogen-bond acceptors (Lipinski definition) is 6. The van der Waals surface area contributed by atoms with Gasteiger partial charge in [-0.2, -0.15) is 0 Å². The molecule has 1 aliphatic rings. The summed E-state index contributed by atoms with van der Waals surface area (Å²) in [5.74, 6) is 0.399. The lowest BCUT2D eigenvalue weighted by molar-refractivity contribution is -0.763. The Hall–Kier alpha value is -3.17. The predicted octanol–water partition coefficient (Wildman–Crippen LogP) is 4.11. The lowest BCUT2D eigenvalue weighted by Crippen LogP contribution is -2.60. The van der Waals surface area contributed by atoms with Gasteiger partial charge in [-0.15, -0.1) is 0 Å². The molecular formula is C24H24ClN4O4S+. The van der Waals surface area contributed by atoms with Crippen LogP contribution in [0.2, 0.25) is 5.02 Å². The van der Waals surface area contributed by atoms with Gasteiger partial charge < -0.3 is 4.74 Å². The maximum absolute atomic E-state index is 13.2. The highest BCUT2D eigenvalue weighted by molar-refractivity contribution is 7.99. The average molecular weight is 500 g/mol. The molecule has 0 saturated carbocycles. The van der Waals surface area contributed by atoms with Gasteiger partial charge in [-0.3, -0.25) is 19.4 Å². The number of hydrogen-bond donors (Lipinski definition) is 1. The topological polar surface area (TPSA) is 96.2 Å². The molecule has 1 amide bonds. The number of fused-ring (bicyclic) bond motifs is 3. The molecule has 176 valence electrons. The van der Waals surface area contributed by atoms with Gasteiger partial charge in [0.25, 0.3) is 6.17 Å². The summed E-state index contributed by atoms with van der Waals surface area (Å²) in [5.41, 5.74) is 1.89. The summed E-state index contributed by atoms with van der Waals surface area (Å²) in [5, 5.41) is 5.37. The van der Waals surface area contributed by atoms with E-state index in [9.17, 15) is 14.4 Å². The molecule has 2 aromatic carbocycles. The molecular weight excluding hydrogens is 476 g/mol. The number of esters is 1. The van der Waals surface area contributed by atoms with Crippen LogP contribution in [0.25, 0.3) is 11.3 Å². The predicted molar refractivity (Wildman–Crippen MR) is 130 cm³/mol. The van der Waals surface area contributed by atoms with E-state index in [2.05, 4.69) is 4.98 Å². The number of carbonyl (C=O) groups is 2. The molecule has 0 saturated heterocycles. The van der Waals surface area contributed by atoms with Crippen molar-refractivity contribution in [3.63, 3.8) is 0 Å². The smallest absolute Gasteiger partial charge is 0.325 e. The number of para-hydroxylation sites is 1. The van der Waals surface area contributed by atoms with Crippen molar-refractivity contribution in [1.29, 1.82) is 0 Å². The maximum Gasteiger partial charge on any atom is 0.325 e. The molecule has 3 aromatic rings. The van der Waals surface area contributed by atoms with E-state index >= 15 is 0 Å². The van der Waals surface area contributed by atoms with Crippen LogP contribution in [0.3, 0.4) is 0 Å². The molecule has 0 unspecified atom stereocenters. The second kappa shape index (κ2) is 9.99. The zero-order valence-electron chi connectivity index (χ0n) is 19.0. The largest absolute Gasteiger partial charge is 0.425 e. The third-order valence-electron chi connectivity index (χ3n) is 5.38. The van der Waals surface area contributed by atoms with Crippen molar-refractivity contribution >= 4 is 40.9 Å². The van der Waals surface area contributed by atoms with Crippen LogP contribution >= 0.6 is 23.4 Å². The molecule has 0 radical (unpaired) electrons. The monoisotopic (exact) mass is 499 g/mol. The summed E-state index contributed by atoms with van der Waals surface area (Å²) in [7, 11) is 0. The number of carbonyl (C=O) groups excluding carboxylic acids is 2. The molecule has 4 rings (SSSR count). The van der Waals surface area contributed by atoms with Crippen molar-refractivity contribution in [2.24, 2.45) is 0 Å². The highest BCUT2D eigenvalue weighted by Gasteiger charge is 2.45. The summed E-state index contributed by atoms with van der Waals surface area (Å²) in [6.45, 7) is 5.44. The summed E-state index contributed by atoms with van der Waals surface area (Å²) >= 11 is 7.86. The standard InChI is InChI=1S/C24H23ClN4O4S/c1-4-19(30)28-17-10-8-7-9-15(17)21-22(32)26-24(34-6-3)27-29(21)23(28)14-11-12-18(16(25)13-14)33-20(31)5-2/h7-13,23H,4-6H2,1-3H3/p+1/t23-/m0/s1. The third kappa shape index (κ3) is 4.33. The molecule has 0 fully saturated rings. The van der Waals surface area contributed by atoms with Crippen molar-refractivity contribution in [2.45, 2.75) is 44.9 Å². The number of nitrogens with zero attached hydrogens (tertiary/aromatic N) is 3. The first-order valence-electron chi connectivity index (χ1n) is 11.0. The Bertz CT molecular complexity index is 1330. The van der Waals surface area contributed by atoms with Crippen LogP contribution < -0.4 is 19.9 Å². The SMILES string of the molecule is CCSc1n[n+]2c(c(=O)[nH]1)-c1ccccc1N(C(=O)CC)[C@@H]2c1ccc(OC(=O)CC)c(Cl)c1. The first kappa shape index (κ1) is 24.0. The van der Waals surface area contributed by atoms with E-state index in [0.29, 0.717) is 33.4 Å². The molecule has 1 N–H and O–H groups in total. The lowest BCUT2D eigenvalue weighted by atomic mass is 10.0. The van der Waals surface area contributed by atoms with Crippen LogP contribution in [0, 0.1) is 0 Å². The molecule has 2 heterocycles. The number of thioether (sulfide) groups is 1. The van der Waals surface area contributed by atoms with Crippen molar-refractivity contribution in [3.05, 3.63) is 63.4 Å². The lowest BCUT2D eigenvalue weighted by Gasteiger charge is -2.32. The molecule has 0 spiro atoms. The second-order valence-corrected chi connectivity index (χ2v) is 9.17. The molecule has 1 aliphatic heterocycles. The number of benzene rings is 2. The van der Waals surface area contributed by atoms with Crippen LogP contribution in [-0.4, -0.2) is 27.7 Å². The number of aromatic amines is 1. The van der Waals surface area contributed by atoms with Crippen molar-refractivity contribution in [3.8, 4) is 17.0 Å². The van der Waals surface area contributed by atoms with Gasteiger partial charge in [0.15, 0.2) is 0 Å². The van der Waals surface area contributed by atoms with E-state index in [1.165, 1.54) is 11.8 Å². The molecule has 1 atom stereocenters. The fourth-order valence-corrected chi connectivity index (χ4v) is 4.68. The number of H-pyrrole nitrogens is 1. The van der Waals surface area contributed by atoms with Crippen molar-refractivity contribution in [2.75, 3.05) is 10.7 Å². The maximum atomic E-state index is 13.2. The number of anilines is 1. The quantitative estimate of drug-likeness (QED) is 0.237. The number of halogens is 1. The van der Waals surface area contributed by atoms with E-state index in [0.717, 1.165) is 0 Å². The van der Waals surface area contributed by atoms with Gasteiger partial charge in [-0.1, -0.05) is 56.3 Å². The number of nitrogens with one attached hydrogen (secondary N) is 1. The number of amides is 1. The van der Waals surface area contributed by atoms with Gasteiger partial charge in [0, 0.05) is 23.5 Å². The average Bonchev–Trinajstić information content (AvgIpc) is 2.83. The fraction of sp³-hybridized carbons (Fsp3) is 0.292. The summed E-state index contributed by atoms with van der Waals surface area (Å²) in [6.07, 6.45) is -0.297. The molecule has 10 heteroatoms. The molecule has 1 aromatic heterocycles. The first-order chi connectivity index (χ1) is 16.4. The molecule has 0 bridgehead atoms. The van der Waals surface area contributed by atoms with Gasteiger partial charge in [-0.05, 0) is 40.8 Å². The second-order valence-electron chi connectivity index (χ2n) is 7.51. The zero-order valence-corrected chi connectivity index (χ0v) is 20.6. The van der Waals surface area contributed by atoms with Crippen LogP contribution in [0.4, 0.5) is 5.69 Å². The number of rotatable bonds is 6. The van der Waals surface area contributed by atoms with E-state index in [1.54, 1.807) is 47.7 Å². The van der Waals surface area contributed by atoms with Crippen molar-refractivity contribution in [1.82, 2.24) is 10.1 Å². The molecule has 0 aliphatic carbocycles. The zero-order chi connectivity index (χ0) is 24.4. The van der Waals surface area contributed by atoms with Gasteiger partial charge in [0.2, 0.25) is 11.1 Å². The Morgan fingerprint density at radius 2 is 1.94 bits per heavy atom. The number of aromatic nitrogens is 3. The fourth-order valence-electron chi connectivity index (χ4n) is 3.87. The van der Waals surface area contributed by atoms with Crippen molar-refractivity contribution < 1.29 is 19.0 Å². The summed E-state index contributed by atoms with van der Waals surface area (Å²) in [4.78, 5) is 42.7. The third-order valence-corrected chi connectivity index (χ3v) is 6.42. The van der Waals surface area contributed by atoms with E-state index in [-0.39, 0.29) is 35.1 Å². The van der Waals surface area contributed by atoms with E-state index < -0.39 is 12.1 Å². The Morgan fingerprint density at radius 3 is 2.62 bits per heavy atom. The minimum Gasteiger partial charge on any atom is -0.425 e. The van der Waals surface area contributed by atoms with Gasteiger partial charge in [0.1, 0.15) is 5.75 Å². The van der Waals surface area contributed by atoms with Gasteiger partial charge >= 0.3 is 17.2 Å². The van der Waals surface area contributed by atoms with E-state index in [1.807, 2.05) is 25.1 Å². The highest BCUT2D eigenvalue weighted by atomic mass is 35.5. The molecule has 34 heavy (non-hydrogen) atoms. The minimum atomic E-state index is -0.760. The van der Waals surface area contributed by atoms with E-state index in [4.69, 9.17) is 21.4 Å². The van der Waals surface area contributed by atoms with Crippen LogP contribution in [0.5, 0.6) is 5.75 Å². The van der Waals surface area contributed by atoms with Crippen LogP contribution in [0.15, 0.2) is 52.4 Å². The minimum absolute atomic E-state index is 0.139.